The van der Waals surface area contributed by atoms with Crippen molar-refractivity contribution in [3.63, 3.8) is 0 Å². The molecule has 1 atom stereocenters. The van der Waals surface area contributed by atoms with Gasteiger partial charge in [-0.1, -0.05) is 24.6 Å². The van der Waals surface area contributed by atoms with Crippen molar-refractivity contribution in [2.24, 2.45) is 0 Å². The van der Waals surface area contributed by atoms with Crippen LogP contribution in [0.1, 0.15) is 25.8 Å². The highest BCUT2D eigenvalue weighted by molar-refractivity contribution is 6.33. The number of carbonyl (C=O) groups is 1. The smallest absolute Gasteiger partial charge is 0.239 e. The van der Waals surface area contributed by atoms with Crippen molar-refractivity contribution in [2.75, 3.05) is 11.9 Å². The molecule has 1 amide bonds. The van der Waals surface area contributed by atoms with E-state index in [2.05, 4.69) is 10.6 Å². The average molecular weight is 255 g/mol. The van der Waals surface area contributed by atoms with Crippen molar-refractivity contribution < 1.29 is 4.79 Å². The molecule has 0 aliphatic carbocycles. The maximum Gasteiger partial charge on any atom is 0.239 e. The maximum absolute atomic E-state index is 11.5. The summed E-state index contributed by atoms with van der Waals surface area (Å²) in [6.45, 7) is 6.24. The Balaban J connectivity index is 2.47. The molecule has 0 radical (unpaired) electrons. The van der Waals surface area contributed by atoms with E-state index in [0.717, 1.165) is 17.7 Å². The third-order valence-corrected chi connectivity index (χ3v) is 2.90. The summed E-state index contributed by atoms with van der Waals surface area (Å²) >= 11 is 6.05. The highest BCUT2D eigenvalue weighted by Crippen LogP contribution is 2.22. The molecule has 0 heterocycles. The summed E-state index contributed by atoms with van der Waals surface area (Å²) in [5.74, 6) is -0.0176. The molecular weight excluding hydrogens is 236 g/mol. The first kappa shape index (κ1) is 13.8. The van der Waals surface area contributed by atoms with Crippen molar-refractivity contribution in [2.45, 2.75) is 33.2 Å². The Bertz CT molecular complexity index is 393. The van der Waals surface area contributed by atoms with Crippen LogP contribution in [0.2, 0.25) is 5.02 Å². The Morgan fingerprint density at radius 1 is 1.47 bits per heavy atom. The van der Waals surface area contributed by atoms with E-state index in [1.807, 2.05) is 39.0 Å². The zero-order chi connectivity index (χ0) is 12.8. The van der Waals surface area contributed by atoms with Gasteiger partial charge in [-0.2, -0.15) is 0 Å². The van der Waals surface area contributed by atoms with Crippen LogP contribution in [0.3, 0.4) is 0 Å². The lowest BCUT2D eigenvalue weighted by atomic mass is 10.2. The molecule has 1 aromatic carbocycles. The first-order chi connectivity index (χ1) is 8.02. The third-order valence-electron chi connectivity index (χ3n) is 2.58. The van der Waals surface area contributed by atoms with Crippen molar-refractivity contribution >= 4 is 23.2 Å². The molecule has 0 fully saturated rings. The van der Waals surface area contributed by atoms with E-state index in [1.165, 1.54) is 0 Å². The second-order valence-electron chi connectivity index (χ2n) is 4.21. The molecule has 94 valence electrons. The Labute approximate surface area is 108 Å². The Kier molecular flexibility index (Phi) is 5.29. The number of hydrogen-bond donors (Lipinski definition) is 2. The van der Waals surface area contributed by atoms with Crippen LogP contribution in [0.15, 0.2) is 18.2 Å². The molecule has 0 saturated heterocycles. The number of anilines is 1. The number of hydrogen-bond acceptors (Lipinski definition) is 2. The van der Waals surface area contributed by atoms with Gasteiger partial charge in [-0.25, -0.2) is 0 Å². The predicted octanol–water partition coefficient (Wildman–Crippen LogP) is 2.98. The summed E-state index contributed by atoms with van der Waals surface area (Å²) in [5, 5.41) is 6.55. The number of benzene rings is 1. The van der Waals surface area contributed by atoms with Crippen molar-refractivity contribution in [1.29, 1.82) is 0 Å². The first-order valence-corrected chi connectivity index (χ1v) is 6.20. The number of rotatable bonds is 5. The van der Waals surface area contributed by atoms with Gasteiger partial charge >= 0.3 is 0 Å². The summed E-state index contributed by atoms with van der Waals surface area (Å²) in [7, 11) is 0. The molecule has 2 N–H and O–H groups in total. The molecule has 17 heavy (non-hydrogen) atoms. The summed E-state index contributed by atoms with van der Waals surface area (Å²) in [6.07, 6.45) is 0.928. The summed E-state index contributed by atoms with van der Waals surface area (Å²) < 4.78 is 0. The molecule has 1 rings (SSSR count). The molecular formula is C13H19ClN2O. The lowest BCUT2D eigenvalue weighted by Crippen LogP contribution is -2.36. The van der Waals surface area contributed by atoms with Crippen LogP contribution in [-0.2, 0) is 4.79 Å². The molecule has 0 aliphatic rings. The van der Waals surface area contributed by atoms with Gasteiger partial charge in [0.2, 0.25) is 5.91 Å². The third kappa shape index (κ3) is 4.65. The number of halogens is 1. The summed E-state index contributed by atoms with van der Waals surface area (Å²) in [5.41, 5.74) is 1.89. The van der Waals surface area contributed by atoms with Gasteiger partial charge in [0.1, 0.15) is 0 Å². The summed E-state index contributed by atoms with van der Waals surface area (Å²) in [6, 6.07) is 5.92. The van der Waals surface area contributed by atoms with Gasteiger partial charge in [0.25, 0.3) is 0 Å². The number of carbonyl (C=O) groups excluding carboxylic acids is 1. The van der Waals surface area contributed by atoms with Crippen molar-refractivity contribution in [1.82, 2.24) is 5.32 Å². The molecule has 1 unspecified atom stereocenters. The van der Waals surface area contributed by atoms with Gasteiger partial charge in [-0.3, -0.25) is 4.79 Å². The second-order valence-corrected chi connectivity index (χ2v) is 4.62. The topological polar surface area (TPSA) is 41.1 Å². The first-order valence-electron chi connectivity index (χ1n) is 5.82. The van der Waals surface area contributed by atoms with Gasteiger partial charge in [-0.15, -0.1) is 0 Å². The average Bonchev–Trinajstić information content (AvgIpc) is 2.27. The van der Waals surface area contributed by atoms with E-state index in [0.29, 0.717) is 5.02 Å². The minimum atomic E-state index is -0.0176. The normalized spacial score (nSPS) is 12.0. The van der Waals surface area contributed by atoms with Crippen molar-refractivity contribution in [3.8, 4) is 0 Å². The molecule has 3 nitrogen and oxygen atoms in total. The quantitative estimate of drug-likeness (QED) is 0.848. The monoisotopic (exact) mass is 254 g/mol. The zero-order valence-corrected chi connectivity index (χ0v) is 11.3. The van der Waals surface area contributed by atoms with Gasteiger partial charge < -0.3 is 10.6 Å². The fourth-order valence-corrected chi connectivity index (χ4v) is 1.67. The predicted molar refractivity (Wildman–Crippen MR) is 72.6 cm³/mol. The number of aryl methyl sites for hydroxylation is 1. The Hall–Kier alpha value is -1.22. The van der Waals surface area contributed by atoms with Crippen LogP contribution >= 0.6 is 11.6 Å². The molecule has 0 bridgehead atoms. The van der Waals surface area contributed by atoms with Crippen LogP contribution in [-0.4, -0.2) is 18.5 Å². The van der Waals surface area contributed by atoms with E-state index < -0.39 is 0 Å². The second kappa shape index (κ2) is 6.50. The van der Waals surface area contributed by atoms with E-state index in [9.17, 15) is 4.79 Å². The SMILES string of the molecule is CCC(C)NC(=O)CNc1ccc(C)cc1Cl. The molecule has 0 spiro atoms. The molecule has 0 aliphatic heterocycles. The van der Waals surface area contributed by atoms with Gasteiger partial charge in [0.05, 0.1) is 17.3 Å². The van der Waals surface area contributed by atoms with Crippen LogP contribution in [0, 0.1) is 6.92 Å². The van der Waals surface area contributed by atoms with E-state index in [4.69, 9.17) is 11.6 Å². The lowest BCUT2D eigenvalue weighted by Gasteiger charge is -2.13. The van der Waals surface area contributed by atoms with Crippen LogP contribution in [0.4, 0.5) is 5.69 Å². The zero-order valence-electron chi connectivity index (χ0n) is 10.5. The van der Waals surface area contributed by atoms with Gasteiger partial charge in [0.15, 0.2) is 0 Å². The number of amides is 1. The number of nitrogens with one attached hydrogen (secondary N) is 2. The largest absolute Gasteiger partial charge is 0.375 e. The highest BCUT2D eigenvalue weighted by Gasteiger charge is 2.06. The van der Waals surface area contributed by atoms with E-state index >= 15 is 0 Å². The van der Waals surface area contributed by atoms with Crippen LogP contribution in [0.5, 0.6) is 0 Å². The van der Waals surface area contributed by atoms with E-state index in [-0.39, 0.29) is 18.5 Å². The fraction of sp³-hybridized carbons (Fsp3) is 0.462. The Morgan fingerprint density at radius 3 is 2.76 bits per heavy atom. The maximum atomic E-state index is 11.5. The summed E-state index contributed by atoms with van der Waals surface area (Å²) in [4.78, 5) is 11.5. The molecule has 0 aromatic heterocycles. The highest BCUT2D eigenvalue weighted by atomic mass is 35.5. The Morgan fingerprint density at radius 2 is 2.18 bits per heavy atom. The minimum absolute atomic E-state index is 0.0176. The minimum Gasteiger partial charge on any atom is -0.375 e. The molecule has 0 saturated carbocycles. The van der Waals surface area contributed by atoms with Crippen LogP contribution < -0.4 is 10.6 Å². The standard InChI is InChI=1S/C13H19ClN2O/c1-4-10(3)16-13(17)8-15-12-6-5-9(2)7-11(12)14/h5-7,10,15H,4,8H2,1-3H3,(H,16,17). The molecule has 4 heteroatoms. The van der Waals surface area contributed by atoms with Crippen LogP contribution in [0.25, 0.3) is 0 Å². The molecule has 1 aromatic rings. The van der Waals surface area contributed by atoms with Gasteiger partial charge in [0, 0.05) is 6.04 Å². The van der Waals surface area contributed by atoms with Gasteiger partial charge in [-0.05, 0) is 38.0 Å². The fourth-order valence-electron chi connectivity index (χ4n) is 1.37. The van der Waals surface area contributed by atoms with E-state index in [1.54, 1.807) is 0 Å². The van der Waals surface area contributed by atoms with Crippen molar-refractivity contribution in [3.05, 3.63) is 28.8 Å². The lowest BCUT2D eigenvalue weighted by molar-refractivity contribution is -0.120.